The van der Waals surface area contributed by atoms with Crippen LogP contribution in [0.2, 0.25) is 0 Å². The summed E-state index contributed by atoms with van der Waals surface area (Å²) in [7, 11) is 0. The van der Waals surface area contributed by atoms with Crippen LogP contribution < -0.4 is 5.32 Å². The van der Waals surface area contributed by atoms with Gasteiger partial charge in [-0.15, -0.1) is 0 Å². The molecule has 0 spiro atoms. The van der Waals surface area contributed by atoms with Gasteiger partial charge in [0, 0.05) is 11.8 Å². The van der Waals surface area contributed by atoms with Gasteiger partial charge < -0.3 is 5.32 Å². The molecular weight excluding hydrogens is 228 g/mol. The fourth-order valence-corrected chi connectivity index (χ4v) is 4.02. The molecule has 1 heterocycles. The fraction of sp³-hybridized carbons (Fsp3) is 0.929. The first kappa shape index (κ1) is 13.3. The molecule has 2 rings (SSSR count). The Bertz CT molecular complexity index is 269. The van der Waals surface area contributed by atoms with Crippen molar-refractivity contribution in [3.63, 3.8) is 0 Å². The summed E-state index contributed by atoms with van der Waals surface area (Å²) in [4.78, 5) is 4.79. The van der Waals surface area contributed by atoms with Crippen molar-refractivity contribution in [3.05, 3.63) is 0 Å². The normalized spacial score (nSPS) is 28.2. The predicted octanol–water partition coefficient (Wildman–Crippen LogP) is 3.67. The van der Waals surface area contributed by atoms with Crippen molar-refractivity contribution in [2.45, 2.75) is 65.0 Å². The van der Waals surface area contributed by atoms with E-state index in [1.54, 1.807) is 0 Å². The van der Waals surface area contributed by atoms with Gasteiger partial charge in [-0.2, -0.15) is 0 Å². The minimum absolute atomic E-state index is 0.529. The first-order valence-corrected chi connectivity index (χ1v) is 8.12. The van der Waals surface area contributed by atoms with Gasteiger partial charge in [-0.1, -0.05) is 44.9 Å². The third-order valence-electron chi connectivity index (χ3n) is 4.15. The van der Waals surface area contributed by atoms with Crippen molar-refractivity contribution in [2.24, 2.45) is 16.8 Å². The van der Waals surface area contributed by atoms with Crippen molar-refractivity contribution < 1.29 is 0 Å². The van der Waals surface area contributed by atoms with Crippen LogP contribution in [0.25, 0.3) is 0 Å². The Morgan fingerprint density at radius 3 is 2.47 bits per heavy atom. The van der Waals surface area contributed by atoms with Gasteiger partial charge in [0.2, 0.25) is 0 Å². The van der Waals surface area contributed by atoms with Crippen LogP contribution in [0.3, 0.4) is 0 Å². The Morgan fingerprint density at radius 1 is 1.18 bits per heavy atom. The molecule has 3 heteroatoms. The molecule has 0 saturated heterocycles. The highest BCUT2D eigenvalue weighted by Gasteiger charge is 2.25. The maximum atomic E-state index is 4.79. The summed E-state index contributed by atoms with van der Waals surface area (Å²) in [6, 6.07) is 1.13. The van der Waals surface area contributed by atoms with Crippen LogP contribution in [0.4, 0.5) is 0 Å². The van der Waals surface area contributed by atoms with Crippen LogP contribution >= 0.6 is 11.8 Å². The number of hydrogen-bond acceptors (Lipinski definition) is 3. The standard InChI is InChI=1S/C14H26N2S/c1-10(2)13-9-17-14(16-13)15-11(3)12-7-5-4-6-8-12/h10-13H,4-9H2,1-3H3,(H,15,16)/t11?,13-/m1/s1. The van der Waals surface area contributed by atoms with Gasteiger partial charge >= 0.3 is 0 Å². The summed E-state index contributed by atoms with van der Waals surface area (Å²) < 4.78 is 0. The van der Waals surface area contributed by atoms with Crippen molar-refractivity contribution in [2.75, 3.05) is 5.75 Å². The maximum Gasteiger partial charge on any atom is 0.157 e. The Kier molecular flexibility index (Phi) is 4.78. The number of nitrogens with one attached hydrogen (secondary N) is 1. The Balaban J connectivity index is 1.82. The minimum atomic E-state index is 0.529. The summed E-state index contributed by atoms with van der Waals surface area (Å²) in [6.45, 7) is 6.87. The second kappa shape index (κ2) is 6.12. The van der Waals surface area contributed by atoms with Crippen LogP contribution in [-0.2, 0) is 0 Å². The predicted molar refractivity (Wildman–Crippen MR) is 77.7 cm³/mol. The zero-order valence-corrected chi connectivity index (χ0v) is 12.2. The Labute approximate surface area is 110 Å². The van der Waals surface area contributed by atoms with Gasteiger partial charge in [0.05, 0.1) is 6.04 Å². The zero-order valence-electron chi connectivity index (χ0n) is 11.4. The van der Waals surface area contributed by atoms with Crippen molar-refractivity contribution >= 4 is 16.9 Å². The first-order chi connectivity index (χ1) is 8.16. The molecule has 1 saturated carbocycles. The van der Waals surface area contributed by atoms with E-state index in [4.69, 9.17) is 4.99 Å². The topological polar surface area (TPSA) is 24.4 Å². The average molecular weight is 254 g/mol. The molecule has 1 aliphatic heterocycles. The third-order valence-corrected chi connectivity index (χ3v) is 5.16. The number of nitrogens with zero attached hydrogens (tertiary/aromatic N) is 1. The molecule has 0 amide bonds. The lowest BCUT2D eigenvalue weighted by molar-refractivity contribution is 0.302. The number of amidine groups is 1. The van der Waals surface area contributed by atoms with E-state index in [-0.39, 0.29) is 0 Å². The minimum Gasteiger partial charge on any atom is -0.362 e. The smallest absolute Gasteiger partial charge is 0.157 e. The highest BCUT2D eigenvalue weighted by atomic mass is 32.2. The molecule has 0 aromatic rings. The van der Waals surface area contributed by atoms with Crippen LogP contribution in [-0.4, -0.2) is 23.0 Å². The van der Waals surface area contributed by atoms with E-state index in [0.29, 0.717) is 18.0 Å². The molecule has 2 atom stereocenters. The van der Waals surface area contributed by atoms with Gasteiger partial charge in [-0.05, 0) is 31.6 Å². The molecule has 1 unspecified atom stereocenters. The molecule has 0 bridgehead atoms. The van der Waals surface area contributed by atoms with Crippen molar-refractivity contribution in [1.82, 2.24) is 5.32 Å². The summed E-state index contributed by atoms with van der Waals surface area (Å²) >= 11 is 1.91. The van der Waals surface area contributed by atoms with Crippen molar-refractivity contribution in [3.8, 4) is 0 Å². The van der Waals surface area contributed by atoms with E-state index < -0.39 is 0 Å². The molecule has 2 nitrogen and oxygen atoms in total. The van der Waals surface area contributed by atoms with Crippen LogP contribution in [0.5, 0.6) is 0 Å². The number of aliphatic imine (C=N–C) groups is 1. The summed E-state index contributed by atoms with van der Waals surface area (Å²) in [5.41, 5.74) is 0. The fourth-order valence-electron chi connectivity index (χ4n) is 2.76. The van der Waals surface area contributed by atoms with Crippen molar-refractivity contribution in [1.29, 1.82) is 0 Å². The Hall–Kier alpha value is -0.180. The quantitative estimate of drug-likeness (QED) is 0.831. The van der Waals surface area contributed by atoms with E-state index in [1.165, 1.54) is 37.3 Å². The molecule has 0 aromatic heterocycles. The SMILES string of the molecule is CC(NC1=N[C@@H](C(C)C)CS1)C1CCCCC1. The molecule has 1 aliphatic carbocycles. The number of hydrogen-bond donors (Lipinski definition) is 1. The molecule has 0 aromatic carbocycles. The maximum absolute atomic E-state index is 4.79. The average Bonchev–Trinajstić information content (AvgIpc) is 2.79. The highest BCUT2D eigenvalue weighted by molar-refractivity contribution is 8.14. The molecule has 1 N–H and O–H groups in total. The summed E-state index contributed by atoms with van der Waals surface area (Å²) in [5, 5.41) is 4.84. The summed E-state index contributed by atoms with van der Waals surface area (Å²) in [6.07, 6.45) is 7.09. The molecular formula is C14H26N2S. The molecule has 98 valence electrons. The summed E-state index contributed by atoms with van der Waals surface area (Å²) in [5.74, 6) is 2.70. The largest absolute Gasteiger partial charge is 0.362 e. The highest BCUT2D eigenvalue weighted by Crippen LogP contribution is 2.28. The lowest BCUT2D eigenvalue weighted by atomic mass is 9.85. The van der Waals surface area contributed by atoms with Gasteiger partial charge in [-0.3, -0.25) is 4.99 Å². The van der Waals surface area contributed by atoms with E-state index >= 15 is 0 Å². The zero-order chi connectivity index (χ0) is 12.3. The third kappa shape index (κ3) is 3.64. The van der Waals surface area contributed by atoms with Gasteiger partial charge in [0.1, 0.15) is 0 Å². The number of rotatable bonds is 3. The van der Waals surface area contributed by atoms with E-state index in [2.05, 4.69) is 26.1 Å². The van der Waals surface area contributed by atoms with Crippen LogP contribution in [0.15, 0.2) is 4.99 Å². The van der Waals surface area contributed by atoms with E-state index in [1.807, 2.05) is 11.8 Å². The van der Waals surface area contributed by atoms with E-state index in [0.717, 1.165) is 11.7 Å². The first-order valence-electron chi connectivity index (χ1n) is 7.14. The monoisotopic (exact) mass is 254 g/mol. The molecule has 2 aliphatic rings. The lowest BCUT2D eigenvalue weighted by Gasteiger charge is -2.28. The number of thioether (sulfide) groups is 1. The van der Waals surface area contributed by atoms with E-state index in [9.17, 15) is 0 Å². The van der Waals surface area contributed by atoms with Gasteiger partial charge in [0.25, 0.3) is 0 Å². The lowest BCUT2D eigenvalue weighted by Crippen LogP contribution is -2.37. The Morgan fingerprint density at radius 2 is 1.88 bits per heavy atom. The second-order valence-corrected chi connectivity index (χ2v) is 6.90. The van der Waals surface area contributed by atoms with Crippen LogP contribution in [0.1, 0.15) is 52.9 Å². The molecule has 1 fully saturated rings. The second-order valence-electron chi connectivity index (χ2n) is 5.89. The van der Waals surface area contributed by atoms with Gasteiger partial charge in [0.15, 0.2) is 5.17 Å². The molecule has 0 radical (unpaired) electrons. The van der Waals surface area contributed by atoms with Gasteiger partial charge in [-0.25, -0.2) is 0 Å². The van der Waals surface area contributed by atoms with Crippen LogP contribution in [0, 0.1) is 11.8 Å². The molecule has 17 heavy (non-hydrogen) atoms.